The summed E-state index contributed by atoms with van der Waals surface area (Å²) >= 11 is 0. The average Bonchev–Trinajstić information content (AvgIpc) is 2.65. The molecular formula is C9H18N2O2. The van der Waals surface area contributed by atoms with Crippen LogP contribution in [0.15, 0.2) is 11.8 Å². The predicted octanol–water partition coefficient (Wildman–Crippen LogP) is 0.549. The lowest BCUT2D eigenvalue weighted by molar-refractivity contribution is 0.0991. The molecule has 1 aliphatic rings. The van der Waals surface area contributed by atoms with Crippen LogP contribution in [0.1, 0.15) is 19.8 Å². The molecule has 0 saturated carbocycles. The van der Waals surface area contributed by atoms with E-state index in [4.69, 9.17) is 15.3 Å². The Morgan fingerprint density at radius 2 is 2.62 bits per heavy atom. The van der Waals surface area contributed by atoms with Crippen LogP contribution in [0.4, 0.5) is 0 Å². The molecule has 1 unspecified atom stereocenters. The van der Waals surface area contributed by atoms with Crippen LogP contribution < -0.4 is 11.3 Å². The summed E-state index contributed by atoms with van der Waals surface area (Å²) in [6.07, 6.45) is 4.05. The first-order valence-electron chi connectivity index (χ1n) is 4.75. The summed E-state index contributed by atoms with van der Waals surface area (Å²) in [5.41, 5.74) is 2.68. The van der Waals surface area contributed by atoms with Crippen LogP contribution in [0.3, 0.4) is 0 Å². The summed E-state index contributed by atoms with van der Waals surface area (Å²) in [6.45, 7) is 4.19. The van der Waals surface area contributed by atoms with Crippen molar-refractivity contribution in [3.05, 3.63) is 11.8 Å². The SMILES string of the molecule is CCCOCC(NN)C1=CCCO1. The van der Waals surface area contributed by atoms with Crippen LogP contribution >= 0.6 is 0 Å². The Morgan fingerprint density at radius 3 is 3.15 bits per heavy atom. The van der Waals surface area contributed by atoms with Gasteiger partial charge in [-0.15, -0.1) is 0 Å². The summed E-state index contributed by atoms with van der Waals surface area (Å²) < 4.78 is 10.8. The Bertz CT molecular complexity index is 171. The molecule has 0 radical (unpaired) electrons. The summed E-state index contributed by atoms with van der Waals surface area (Å²) in [6, 6.07) is 0.00838. The highest BCUT2D eigenvalue weighted by atomic mass is 16.5. The van der Waals surface area contributed by atoms with Crippen molar-refractivity contribution < 1.29 is 9.47 Å². The van der Waals surface area contributed by atoms with E-state index in [-0.39, 0.29) is 6.04 Å². The zero-order valence-electron chi connectivity index (χ0n) is 8.08. The first kappa shape index (κ1) is 10.5. The van der Waals surface area contributed by atoms with E-state index in [9.17, 15) is 0 Å². The molecule has 0 amide bonds. The fourth-order valence-corrected chi connectivity index (χ4v) is 1.24. The molecule has 3 N–H and O–H groups in total. The maximum absolute atomic E-state index is 5.38. The maximum Gasteiger partial charge on any atom is 0.113 e. The van der Waals surface area contributed by atoms with Crippen LogP contribution in [0.2, 0.25) is 0 Å². The van der Waals surface area contributed by atoms with Crippen molar-refractivity contribution in [2.45, 2.75) is 25.8 Å². The van der Waals surface area contributed by atoms with Crippen LogP contribution in [-0.2, 0) is 9.47 Å². The lowest BCUT2D eigenvalue weighted by atomic mass is 10.2. The molecule has 0 aliphatic carbocycles. The maximum atomic E-state index is 5.38. The molecule has 4 heteroatoms. The molecule has 0 spiro atoms. The van der Waals surface area contributed by atoms with Gasteiger partial charge < -0.3 is 9.47 Å². The molecule has 76 valence electrons. The van der Waals surface area contributed by atoms with E-state index in [1.54, 1.807) is 0 Å². The lowest BCUT2D eigenvalue weighted by Crippen LogP contribution is -2.40. The van der Waals surface area contributed by atoms with Gasteiger partial charge in [-0.25, -0.2) is 5.43 Å². The molecule has 13 heavy (non-hydrogen) atoms. The van der Waals surface area contributed by atoms with Gasteiger partial charge in [-0.1, -0.05) is 6.92 Å². The topological polar surface area (TPSA) is 56.5 Å². The van der Waals surface area contributed by atoms with Crippen LogP contribution in [-0.4, -0.2) is 25.9 Å². The third-order valence-electron chi connectivity index (χ3n) is 1.91. The van der Waals surface area contributed by atoms with E-state index in [2.05, 4.69) is 18.4 Å². The predicted molar refractivity (Wildman–Crippen MR) is 50.9 cm³/mol. The van der Waals surface area contributed by atoms with Crippen LogP contribution in [0, 0.1) is 0 Å². The van der Waals surface area contributed by atoms with E-state index < -0.39 is 0 Å². The molecular weight excluding hydrogens is 168 g/mol. The molecule has 1 aliphatic heterocycles. The van der Waals surface area contributed by atoms with Crippen molar-refractivity contribution >= 4 is 0 Å². The minimum absolute atomic E-state index is 0.00838. The highest BCUT2D eigenvalue weighted by molar-refractivity contribution is 5.06. The highest BCUT2D eigenvalue weighted by Gasteiger charge is 2.17. The van der Waals surface area contributed by atoms with Crippen molar-refractivity contribution in [2.24, 2.45) is 5.84 Å². The first-order valence-corrected chi connectivity index (χ1v) is 4.75. The summed E-state index contributed by atoms with van der Waals surface area (Å²) in [5, 5.41) is 0. The summed E-state index contributed by atoms with van der Waals surface area (Å²) in [4.78, 5) is 0. The molecule has 4 nitrogen and oxygen atoms in total. The Labute approximate surface area is 79.1 Å². The monoisotopic (exact) mass is 186 g/mol. The zero-order valence-corrected chi connectivity index (χ0v) is 8.08. The van der Waals surface area contributed by atoms with Gasteiger partial charge in [0.25, 0.3) is 0 Å². The van der Waals surface area contributed by atoms with Crippen molar-refractivity contribution in [1.82, 2.24) is 5.43 Å². The molecule has 1 atom stereocenters. The van der Waals surface area contributed by atoms with Crippen LogP contribution in [0.25, 0.3) is 0 Å². The number of rotatable bonds is 6. The van der Waals surface area contributed by atoms with Crippen molar-refractivity contribution in [2.75, 3.05) is 19.8 Å². The van der Waals surface area contributed by atoms with Gasteiger partial charge >= 0.3 is 0 Å². The summed E-state index contributed by atoms with van der Waals surface area (Å²) in [7, 11) is 0. The third-order valence-corrected chi connectivity index (χ3v) is 1.91. The number of hydrazine groups is 1. The summed E-state index contributed by atoms with van der Waals surface area (Å²) in [5.74, 6) is 6.30. The van der Waals surface area contributed by atoms with E-state index in [1.807, 2.05) is 0 Å². The van der Waals surface area contributed by atoms with Gasteiger partial charge in [-0.3, -0.25) is 5.84 Å². The first-order chi connectivity index (χ1) is 6.38. The Balaban J connectivity index is 2.25. The van der Waals surface area contributed by atoms with Gasteiger partial charge in [0.2, 0.25) is 0 Å². The van der Waals surface area contributed by atoms with E-state index in [0.717, 1.165) is 31.8 Å². The second-order valence-electron chi connectivity index (χ2n) is 3.04. The molecule has 0 bridgehead atoms. The number of nitrogens with one attached hydrogen (secondary N) is 1. The fraction of sp³-hybridized carbons (Fsp3) is 0.778. The van der Waals surface area contributed by atoms with Gasteiger partial charge in [0.05, 0.1) is 13.2 Å². The van der Waals surface area contributed by atoms with Gasteiger partial charge in [-0.05, 0) is 12.5 Å². The van der Waals surface area contributed by atoms with E-state index in [0.29, 0.717) is 6.61 Å². The smallest absolute Gasteiger partial charge is 0.113 e. The lowest BCUT2D eigenvalue weighted by Gasteiger charge is -2.16. The van der Waals surface area contributed by atoms with Gasteiger partial charge in [-0.2, -0.15) is 0 Å². The zero-order chi connectivity index (χ0) is 9.52. The molecule has 0 saturated heterocycles. The second-order valence-corrected chi connectivity index (χ2v) is 3.04. The van der Waals surface area contributed by atoms with Gasteiger partial charge in [0, 0.05) is 13.0 Å². The standard InChI is InChI=1S/C9H18N2O2/c1-2-5-12-7-8(11-10)9-4-3-6-13-9/h4,8,11H,2-3,5-7,10H2,1H3. The number of hydrogen-bond acceptors (Lipinski definition) is 4. The fourth-order valence-electron chi connectivity index (χ4n) is 1.24. The normalized spacial score (nSPS) is 18.2. The molecule has 1 rings (SSSR count). The van der Waals surface area contributed by atoms with Gasteiger partial charge in [0.15, 0.2) is 0 Å². The Kier molecular flexibility index (Phi) is 4.82. The minimum atomic E-state index is 0.00838. The third kappa shape index (κ3) is 3.34. The molecule has 0 aromatic heterocycles. The Hall–Kier alpha value is -0.580. The largest absolute Gasteiger partial charge is 0.496 e. The highest BCUT2D eigenvalue weighted by Crippen LogP contribution is 2.13. The quantitative estimate of drug-likeness (QED) is 0.361. The second kappa shape index (κ2) is 5.96. The van der Waals surface area contributed by atoms with Crippen molar-refractivity contribution in [3.8, 4) is 0 Å². The minimum Gasteiger partial charge on any atom is -0.496 e. The Morgan fingerprint density at radius 1 is 1.77 bits per heavy atom. The number of hydrogen-bond donors (Lipinski definition) is 2. The van der Waals surface area contributed by atoms with Crippen molar-refractivity contribution in [1.29, 1.82) is 0 Å². The molecule has 1 heterocycles. The molecule has 0 fully saturated rings. The average molecular weight is 186 g/mol. The molecule has 0 aromatic carbocycles. The molecule has 0 aromatic rings. The number of ether oxygens (including phenoxy) is 2. The van der Waals surface area contributed by atoms with E-state index >= 15 is 0 Å². The van der Waals surface area contributed by atoms with E-state index in [1.165, 1.54) is 0 Å². The van der Waals surface area contributed by atoms with Gasteiger partial charge in [0.1, 0.15) is 11.8 Å². The van der Waals surface area contributed by atoms with Crippen LogP contribution in [0.5, 0.6) is 0 Å². The number of nitrogens with two attached hydrogens (primary N) is 1. The van der Waals surface area contributed by atoms with Crippen molar-refractivity contribution in [3.63, 3.8) is 0 Å².